The van der Waals surface area contributed by atoms with Crippen LogP contribution in [0.4, 0.5) is 0 Å². The highest BCUT2D eigenvalue weighted by atomic mass is 16.5. The third kappa shape index (κ3) is 3.57. The number of ether oxygens (including phenoxy) is 2. The summed E-state index contributed by atoms with van der Waals surface area (Å²) in [6.45, 7) is 3.35. The van der Waals surface area contributed by atoms with Gasteiger partial charge in [-0.1, -0.05) is 18.2 Å². The van der Waals surface area contributed by atoms with Crippen molar-refractivity contribution < 1.29 is 9.47 Å². The van der Waals surface area contributed by atoms with Crippen molar-refractivity contribution in [2.75, 3.05) is 6.61 Å². The SMILES string of the molecule is CCOCc1ccc(Oc2ccccn2)cc1. The number of hydrogen-bond acceptors (Lipinski definition) is 3. The van der Waals surface area contributed by atoms with Crippen LogP contribution in [0.5, 0.6) is 11.6 Å². The van der Waals surface area contributed by atoms with Crippen molar-refractivity contribution in [2.45, 2.75) is 13.5 Å². The number of benzene rings is 1. The number of hydrogen-bond donors (Lipinski definition) is 0. The third-order valence-electron chi connectivity index (χ3n) is 2.26. The fraction of sp³-hybridized carbons (Fsp3) is 0.214. The zero-order valence-corrected chi connectivity index (χ0v) is 9.80. The number of pyridine rings is 1. The van der Waals surface area contributed by atoms with E-state index < -0.39 is 0 Å². The van der Waals surface area contributed by atoms with Crippen LogP contribution in [-0.4, -0.2) is 11.6 Å². The van der Waals surface area contributed by atoms with Crippen LogP contribution in [0.3, 0.4) is 0 Å². The first-order chi connectivity index (χ1) is 8.38. The van der Waals surface area contributed by atoms with Gasteiger partial charge in [0.1, 0.15) is 5.75 Å². The zero-order valence-electron chi connectivity index (χ0n) is 9.80. The minimum Gasteiger partial charge on any atom is -0.439 e. The van der Waals surface area contributed by atoms with Crippen LogP contribution in [0.1, 0.15) is 12.5 Å². The molecule has 0 spiro atoms. The second-order valence-corrected chi connectivity index (χ2v) is 3.55. The second-order valence-electron chi connectivity index (χ2n) is 3.55. The monoisotopic (exact) mass is 229 g/mol. The van der Waals surface area contributed by atoms with E-state index in [1.807, 2.05) is 49.4 Å². The molecule has 0 saturated carbocycles. The molecule has 0 amide bonds. The summed E-state index contributed by atoms with van der Waals surface area (Å²) in [6, 6.07) is 13.4. The number of rotatable bonds is 5. The zero-order chi connectivity index (χ0) is 11.9. The maximum absolute atomic E-state index is 5.59. The van der Waals surface area contributed by atoms with E-state index in [0.717, 1.165) is 17.9 Å². The molecule has 1 heterocycles. The van der Waals surface area contributed by atoms with E-state index in [1.54, 1.807) is 6.20 Å². The molecule has 3 nitrogen and oxygen atoms in total. The largest absolute Gasteiger partial charge is 0.439 e. The Balaban J connectivity index is 1.98. The molecule has 88 valence electrons. The number of nitrogens with zero attached hydrogens (tertiary/aromatic N) is 1. The van der Waals surface area contributed by atoms with Crippen molar-refractivity contribution in [3.8, 4) is 11.6 Å². The van der Waals surface area contributed by atoms with Crippen LogP contribution in [0.25, 0.3) is 0 Å². The maximum atomic E-state index is 5.59. The van der Waals surface area contributed by atoms with Gasteiger partial charge >= 0.3 is 0 Å². The van der Waals surface area contributed by atoms with Crippen molar-refractivity contribution in [3.05, 3.63) is 54.2 Å². The molecule has 0 aliphatic carbocycles. The molecule has 0 N–H and O–H groups in total. The molecule has 1 aromatic heterocycles. The molecule has 0 bridgehead atoms. The Hall–Kier alpha value is -1.87. The molecule has 0 fully saturated rings. The van der Waals surface area contributed by atoms with Crippen LogP contribution in [-0.2, 0) is 11.3 Å². The summed E-state index contributed by atoms with van der Waals surface area (Å²) in [6.07, 6.45) is 1.71. The van der Waals surface area contributed by atoms with Crippen molar-refractivity contribution in [1.29, 1.82) is 0 Å². The molecule has 0 aliphatic heterocycles. The minimum atomic E-state index is 0.602. The Kier molecular flexibility index (Phi) is 4.11. The Morgan fingerprint density at radius 3 is 2.53 bits per heavy atom. The van der Waals surface area contributed by atoms with Gasteiger partial charge in [-0.25, -0.2) is 4.98 Å². The molecule has 2 rings (SSSR count). The molecule has 2 aromatic rings. The van der Waals surface area contributed by atoms with Gasteiger partial charge in [-0.05, 0) is 30.7 Å². The van der Waals surface area contributed by atoms with Gasteiger partial charge in [-0.3, -0.25) is 0 Å². The topological polar surface area (TPSA) is 31.4 Å². The summed E-state index contributed by atoms with van der Waals surface area (Å²) >= 11 is 0. The van der Waals surface area contributed by atoms with Crippen molar-refractivity contribution in [3.63, 3.8) is 0 Å². The Morgan fingerprint density at radius 2 is 1.88 bits per heavy atom. The highest BCUT2D eigenvalue weighted by Gasteiger charge is 1.98. The molecule has 0 aliphatic rings. The highest BCUT2D eigenvalue weighted by Crippen LogP contribution is 2.19. The molecule has 0 atom stereocenters. The van der Waals surface area contributed by atoms with Gasteiger partial charge in [0.2, 0.25) is 5.88 Å². The van der Waals surface area contributed by atoms with Gasteiger partial charge in [0.05, 0.1) is 6.61 Å². The fourth-order valence-electron chi connectivity index (χ4n) is 1.40. The standard InChI is InChI=1S/C14H15NO2/c1-2-16-11-12-6-8-13(9-7-12)17-14-5-3-4-10-15-14/h3-10H,2,11H2,1H3. The predicted octanol–water partition coefficient (Wildman–Crippen LogP) is 3.41. The van der Waals surface area contributed by atoms with E-state index in [2.05, 4.69) is 4.98 Å². The summed E-state index contributed by atoms with van der Waals surface area (Å²) in [5.41, 5.74) is 1.14. The molecule has 0 saturated heterocycles. The quantitative estimate of drug-likeness (QED) is 0.787. The van der Waals surface area contributed by atoms with Gasteiger partial charge < -0.3 is 9.47 Å². The molecule has 0 radical (unpaired) electrons. The Bertz CT molecular complexity index is 440. The lowest BCUT2D eigenvalue weighted by molar-refractivity contribution is 0.134. The minimum absolute atomic E-state index is 0.602. The van der Waals surface area contributed by atoms with Gasteiger partial charge in [-0.15, -0.1) is 0 Å². The van der Waals surface area contributed by atoms with Crippen LogP contribution in [0.2, 0.25) is 0 Å². The average molecular weight is 229 g/mol. The van der Waals surface area contributed by atoms with E-state index >= 15 is 0 Å². The molecular formula is C14H15NO2. The third-order valence-corrected chi connectivity index (χ3v) is 2.26. The average Bonchev–Trinajstić information content (AvgIpc) is 2.39. The van der Waals surface area contributed by atoms with Crippen molar-refractivity contribution >= 4 is 0 Å². The van der Waals surface area contributed by atoms with Crippen LogP contribution >= 0.6 is 0 Å². The lowest BCUT2D eigenvalue weighted by Gasteiger charge is -2.05. The van der Waals surface area contributed by atoms with E-state index in [1.165, 1.54) is 0 Å². The fourth-order valence-corrected chi connectivity index (χ4v) is 1.40. The van der Waals surface area contributed by atoms with E-state index in [9.17, 15) is 0 Å². The van der Waals surface area contributed by atoms with Crippen LogP contribution in [0, 0.1) is 0 Å². The summed E-state index contributed by atoms with van der Waals surface area (Å²) in [5.74, 6) is 1.38. The van der Waals surface area contributed by atoms with Gasteiger partial charge in [0, 0.05) is 18.9 Å². The van der Waals surface area contributed by atoms with E-state index in [-0.39, 0.29) is 0 Å². The molecule has 3 heteroatoms. The molecule has 0 unspecified atom stereocenters. The summed E-state index contributed by atoms with van der Waals surface area (Å²) in [4.78, 5) is 4.10. The normalized spacial score (nSPS) is 10.2. The molecule has 17 heavy (non-hydrogen) atoms. The summed E-state index contributed by atoms with van der Waals surface area (Å²) in [5, 5.41) is 0. The van der Waals surface area contributed by atoms with Gasteiger partial charge in [-0.2, -0.15) is 0 Å². The molecular weight excluding hydrogens is 214 g/mol. The highest BCUT2D eigenvalue weighted by molar-refractivity contribution is 5.30. The van der Waals surface area contributed by atoms with E-state index in [0.29, 0.717) is 12.5 Å². The Morgan fingerprint density at radius 1 is 1.06 bits per heavy atom. The smallest absolute Gasteiger partial charge is 0.219 e. The van der Waals surface area contributed by atoms with Gasteiger partial charge in [0.15, 0.2) is 0 Å². The van der Waals surface area contributed by atoms with Crippen LogP contribution < -0.4 is 4.74 Å². The lowest BCUT2D eigenvalue weighted by atomic mass is 10.2. The second kappa shape index (κ2) is 6.01. The van der Waals surface area contributed by atoms with Gasteiger partial charge in [0.25, 0.3) is 0 Å². The first-order valence-electron chi connectivity index (χ1n) is 5.64. The van der Waals surface area contributed by atoms with Crippen molar-refractivity contribution in [2.24, 2.45) is 0 Å². The number of aromatic nitrogens is 1. The Labute approximate surface area is 101 Å². The predicted molar refractivity (Wildman–Crippen MR) is 66.1 cm³/mol. The van der Waals surface area contributed by atoms with E-state index in [4.69, 9.17) is 9.47 Å². The molecule has 1 aromatic carbocycles. The maximum Gasteiger partial charge on any atom is 0.219 e. The van der Waals surface area contributed by atoms with Crippen molar-refractivity contribution in [1.82, 2.24) is 4.98 Å². The summed E-state index contributed by atoms with van der Waals surface area (Å²) < 4.78 is 10.9. The summed E-state index contributed by atoms with van der Waals surface area (Å²) in [7, 11) is 0. The first kappa shape index (κ1) is 11.6. The first-order valence-corrected chi connectivity index (χ1v) is 5.64. The lowest BCUT2D eigenvalue weighted by Crippen LogP contribution is -1.92. The van der Waals surface area contributed by atoms with Crippen LogP contribution in [0.15, 0.2) is 48.7 Å².